The fourth-order valence-corrected chi connectivity index (χ4v) is 3.69. The molecule has 27 heavy (non-hydrogen) atoms. The lowest BCUT2D eigenvalue weighted by Gasteiger charge is -2.24. The maximum absolute atomic E-state index is 12.6. The Labute approximate surface area is 162 Å². The van der Waals surface area contributed by atoms with E-state index >= 15 is 0 Å². The standard InChI is InChI=1S/C21H28N2O3S/c1-4-22(16-19-11-6-5-7-12-19)21(24)14-15-23(27(3,25)26)17-20-13-9-8-10-18(20)2/h5-13H,4,14-17H2,1-3H3. The largest absolute Gasteiger partial charge is 0.339 e. The van der Waals surface area contributed by atoms with Crippen molar-refractivity contribution in [3.63, 3.8) is 0 Å². The SMILES string of the molecule is CCN(Cc1ccccc1)C(=O)CCN(Cc1ccccc1C)S(C)(=O)=O. The summed E-state index contributed by atoms with van der Waals surface area (Å²) in [5.74, 6) is -0.0419. The highest BCUT2D eigenvalue weighted by Gasteiger charge is 2.21. The van der Waals surface area contributed by atoms with Gasteiger partial charge >= 0.3 is 0 Å². The van der Waals surface area contributed by atoms with Gasteiger partial charge in [0.2, 0.25) is 15.9 Å². The normalized spacial score (nSPS) is 11.6. The molecule has 0 saturated heterocycles. The zero-order valence-electron chi connectivity index (χ0n) is 16.3. The average molecular weight is 389 g/mol. The molecule has 0 heterocycles. The van der Waals surface area contributed by atoms with E-state index in [1.807, 2.05) is 68.4 Å². The third-order valence-corrected chi connectivity index (χ3v) is 5.85. The lowest BCUT2D eigenvalue weighted by Crippen LogP contribution is -2.36. The molecule has 0 radical (unpaired) electrons. The molecule has 2 aromatic rings. The number of nitrogens with zero attached hydrogens (tertiary/aromatic N) is 2. The molecule has 146 valence electrons. The van der Waals surface area contributed by atoms with Gasteiger partial charge in [-0.05, 0) is 30.5 Å². The molecule has 0 aliphatic rings. The van der Waals surface area contributed by atoms with Crippen LogP contribution >= 0.6 is 0 Å². The van der Waals surface area contributed by atoms with E-state index in [1.54, 1.807) is 4.90 Å². The predicted octanol–water partition coefficient (Wildman–Crippen LogP) is 3.20. The van der Waals surface area contributed by atoms with Crippen LogP contribution in [-0.4, -0.2) is 42.9 Å². The van der Waals surface area contributed by atoms with Crippen LogP contribution in [0.25, 0.3) is 0 Å². The maximum atomic E-state index is 12.6. The Morgan fingerprint density at radius 3 is 2.19 bits per heavy atom. The van der Waals surface area contributed by atoms with Crippen LogP contribution in [-0.2, 0) is 27.9 Å². The molecule has 0 spiro atoms. The van der Waals surface area contributed by atoms with E-state index in [2.05, 4.69) is 0 Å². The highest BCUT2D eigenvalue weighted by molar-refractivity contribution is 7.88. The summed E-state index contributed by atoms with van der Waals surface area (Å²) >= 11 is 0. The lowest BCUT2D eigenvalue weighted by atomic mass is 10.1. The van der Waals surface area contributed by atoms with E-state index in [-0.39, 0.29) is 25.4 Å². The van der Waals surface area contributed by atoms with E-state index in [0.717, 1.165) is 16.7 Å². The third-order valence-electron chi connectivity index (χ3n) is 4.60. The average Bonchev–Trinajstić information content (AvgIpc) is 2.64. The van der Waals surface area contributed by atoms with Gasteiger partial charge in [-0.2, -0.15) is 4.31 Å². The fraction of sp³-hybridized carbons (Fsp3) is 0.381. The molecule has 2 rings (SSSR count). The first-order valence-electron chi connectivity index (χ1n) is 9.12. The van der Waals surface area contributed by atoms with Crippen molar-refractivity contribution in [2.45, 2.75) is 33.4 Å². The number of amides is 1. The molecular weight excluding hydrogens is 360 g/mol. The molecule has 6 heteroatoms. The Morgan fingerprint density at radius 1 is 0.963 bits per heavy atom. The maximum Gasteiger partial charge on any atom is 0.224 e. The van der Waals surface area contributed by atoms with Gasteiger partial charge < -0.3 is 4.90 Å². The molecule has 0 fully saturated rings. The number of carbonyl (C=O) groups excluding carboxylic acids is 1. The monoisotopic (exact) mass is 388 g/mol. The fourth-order valence-electron chi connectivity index (χ4n) is 2.90. The zero-order chi connectivity index (χ0) is 19.9. The molecule has 0 N–H and O–H groups in total. The summed E-state index contributed by atoms with van der Waals surface area (Å²) in [4.78, 5) is 14.4. The Balaban J connectivity index is 2.03. The zero-order valence-corrected chi connectivity index (χ0v) is 17.1. The Kier molecular flexibility index (Phi) is 7.56. The van der Waals surface area contributed by atoms with Crippen molar-refractivity contribution >= 4 is 15.9 Å². The van der Waals surface area contributed by atoms with Crippen molar-refractivity contribution in [2.24, 2.45) is 0 Å². The van der Waals surface area contributed by atoms with Gasteiger partial charge in [-0.1, -0.05) is 54.6 Å². The Morgan fingerprint density at radius 2 is 1.59 bits per heavy atom. The number of hydrogen-bond acceptors (Lipinski definition) is 3. The second-order valence-electron chi connectivity index (χ2n) is 6.67. The molecule has 0 aromatic heterocycles. The summed E-state index contributed by atoms with van der Waals surface area (Å²) in [5, 5.41) is 0. The first-order chi connectivity index (χ1) is 12.8. The van der Waals surface area contributed by atoms with Crippen LogP contribution in [0, 0.1) is 6.92 Å². The highest BCUT2D eigenvalue weighted by Crippen LogP contribution is 2.14. The van der Waals surface area contributed by atoms with E-state index in [4.69, 9.17) is 0 Å². The molecule has 0 atom stereocenters. The summed E-state index contributed by atoms with van der Waals surface area (Å²) in [5.41, 5.74) is 3.05. The summed E-state index contributed by atoms with van der Waals surface area (Å²) in [6.07, 6.45) is 1.36. The van der Waals surface area contributed by atoms with Crippen LogP contribution in [0.15, 0.2) is 54.6 Å². The van der Waals surface area contributed by atoms with Crippen molar-refractivity contribution in [1.82, 2.24) is 9.21 Å². The van der Waals surface area contributed by atoms with Crippen LogP contribution in [0.3, 0.4) is 0 Å². The summed E-state index contributed by atoms with van der Waals surface area (Å²) in [6.45, 7) is 5.47. The Bertz CT molecular complexity index is 851. The van der Waals surface area contributed by atoms with Crippen LogP contribution in [0.5, 0.6) is 0 Å². The molecule has 2 aromatic carbocycles. The van der Waals surface area contributed by atoms with Gasteiger partial charge in [-0.15, -0.1) is 0 Å². The number of rotatable bonds is 9. The van der Waals surface area contributed by atoms with E-state index in [1.165, 1.54) is 10.6 Å². The predicted molar refractivity (Wildman–Crippen MR) is 109 cm³/mol. The molecule has 5 nitrogen and oxygen atoms in total. The summed E-state index contributed by atoms with van der Waals surface area (Å²) in [7, 11) is -3.40. The number of hydrogen-bond donors (Lipinski definition) is 0. The minimum atomic E-state index is -3.40. The Hall–Kier alpha value is -2.18. The molecule has 0 bridgehead atoms. The molecule has 0 aliphatic carbocycles. The number of aryl methyl sites for hydroxylation is 1. The van der Waals surface area contributed by atoms with Gasteiger partial charge in [0.15, 0.2) is 0 Å². The summed E-state index contributed by atoms with van der Waals surface area (Å²) < 4.78 is 25.8. The number of sulfonamides is 1. The van der Waals surface area contributed by atoms with E-state index < -0.39 is 10.0 Å². The van der Waals surface area contributed by atoms with Crippen molar-refractivity contribution in [3.8, 4) is 0 Å². The van der Waals surface area contributed by atoms with Crippen LogP contribution in [0.2, 0.25) is 0 Å². The molecule has 0 unspecified atom stereocenters. The summed E-state index contributed by atoms with van der Waals surface area (Å²) in [6, 6.07) is 17.5. The molecular formula is C21H28N2O3S. The topological polar surface area (TPSA) is 57.7 Å². The second-order valence-corrected chi connectivity index (χ2v) is 8.65. The third kappa shape index (κ3) is 6.48. The first-order valence-corrected chi connectivity index (χ1v) is 11.0. The van der Waals surface area contributed by atoms with Gasteiger partial charge in [0.05, 0.1) is 6.26 Å². The van der Waals surface area contributed by atoms with Crippen molar-refractivity contribution in [1.29, 1.82) is 0 Å². The van der Waals surface area contributed by atoms with Gasteiger partial charge in [-0.3, -0.25) is 4.79 Å². The molecule has 1 amide bonds. The van der Waals surface area contributed by atoms with Crippen LogP contribution < -0.4 is 0 Å². The smallest absolute Gasteiger partial charge is 0.224 e. The van der Waals surface area contributed by atoms with E-state index in [0.29, 0.717) is 13.1 Å². The molecule has 0 saturated carbocycles. The van der Waals surface area contributed by atoms with Gasteiger partial charge in [0, 0.05) is 32.6 Å². The first kappa shape index (κ1) is 21.1. The minimum absolute atomic E-state index is 0.0419. The van der Waals surface area contributed by atoms with Crippen molar-refractivity contribution in [2.75, 3.05) is 19.3 Å². The molecule has 0 aliphatic heterocycles. The van der Waals surface area contributed by atoms with Crippen LogP contribution in [0.1, 0.15) is 30.0 Å². The van der Waals surface area contributed by atoms with Gasteiger partial charge in [0.25, 0.3) is 0 Å². The van der Waals surface area contributed by atoms with E-state index in [9.17, 15) is 13.2 Å². The second kappa shape index (κ2) is 9.67. The quantitative estimate of drug-likeness (QED) is 0.663. The number of benzene rings is 2. The van der Waals surface area contributed by atoms with Crippen molar-refractivity contribution in [3.05, 3.63) is 71.3 Å². The van der Waals surface area contributed by atoms with Crippen LogP contribution in [0.4, 0.5) is 0 Å². The van der Waals surface area contributed by atoms with Crippen molar-refractivity contribution < 1.29 is 13.2 Å². The van der Waals surface area contributed by atoms with Gasteiger partial charge in [-0.25, -0.2) is 8.42 Å². The number of carbonyl (C=O) groups is 1. The minimum Gasteiger partial charge on any atom is -0.339 e. The highest BCUT2D eigenvalue weighted by atomic mass is 32.2. The lowest BCUT2D eigenvalue weighted by molar-refractivity contribution is -0.131. The van der Waals surface area contributed by atoms with Gasteiger partial charge in [0.1, 0.15) is 0 Å².